The number of aromatic nitrogens is 1. The highest BCUT2D eigenvalue weighted by Gasteiger charge is 2.08. The lowest BCUT2D eigenvalue weighted by Gasteiger charge is -2.05. The number of carboxylic acid groups (broad SMARTS) is 1. The Morgan fingerprint density at radius 3 is 2.81 bits per heavy atom. The van der Waals surface area contributed by atoms with Gasteiger partial charge in [-0.1, -0.05) is 11.6 Å². The van der Waals surface area contributed by atoms with Gasteiger partial charge in [0.05, 0.1) is 11.9 Å². The molecule has 0 aliphatic rings. The van der Waals surface area contributed by atoms with Crippen molar-refractivity contribution in [2.45, 2.75) is 6.42 Å². The lowest BCUT2D eigenvalue weighted by molar-refractivity contribution is -0.136. The monoisotopic (exact) mass is 237 g/mol. The minimum absolute atomic E-state index is 0.0727. The first-order valence-electron chi connectivity index (χ1n) is 4.56. The molecule has 0 saturated heterocycles. The van der Waals surface area contributed by atoms with E-state index < -0.39 is 5.97 Å². The van der Waals surface area contributed by atoms with Crippen LogP contribution in [0.25, 0.3) is 10.9 Å². The highest BCUT2D eigenvalue weighted by Crippen LogP contribution is 2.24. The highest BCUT2D eigenvalue weighted by molar-refractivity contribution is 6.30. The summed E-state index contributed by atoms with van der Waals surface area (Å²) in [5.74, 6) is -0.861. The maximum Gasteiger partial charge on any atom is 0.307 e. The van der Waals surface area contributed by atoms with Crippen LogP contribution in [0.4, 0.5) is 0 Å². The third-order valence-electron chi connectivity index (χ3n) is 2.19. The van der Waals surface area contributed by atoms with E-state index in [2.05, 4.69) is 4.98 Å². The average molecular weight is 238 g/mol. The zero-order chi connectivity index (χ0) is 11.7. The number of phenols is 1. The first-order chi connectivity index (χ1) is 7.56. The number of halogens is 1. The smallest absolute Gasteiger partial charge is 0.307 e. The molecule has 4 nitrogen and oxygen atoms in total. The fourth-order valence-electron chi connectivity index (χ4n) is 1.56. The number of hydrogen-bond acceptors (Lipinski definition) is 3. The van der Waals surface area contributed by atoms with Gasteiger partial charge in [0, 0.05) is 11.5 Å². The van der Waals surface area contributed by atoms with Gasteiger partial charge in [-0.15, -0.1) is 0 Å². The van der Waals surface area contributed by atoms with Crippen molar-refractivity contribution in [2.75, 3.05) is 0 Å². The second-order valence-corrected chi connectivity index (χ2v) is 3.76. The standard InChI is InChI=1S/C11H8ClNO3/c12-10-3-6(4-11(15)16)8-2-1-7(14)5-9(8)13-10/h1-3,5,14H,4H2,(H,15,16). The van der Waals surface area contributed by atoms with E-state index >= 15 is 0 Å². The molecule has 0 bridgehead atoms. The average Bonchev–Trinajstić information content (AvgIpc) is 2.15. The van der Waals surface area contributed by atoms with E-state index in [4.69, 9.17) is 16.7 Å². The number of aromatic hydroxyl groups is 1. The highest BCUT2D eigenvalue weighted by atomic mass is 35.5. The first-order valence-corrected chi connectivity index (χ1v) is 4.94. The normalized spacial score (nSPS) is 10.6. The molecule has 5 heteroatoms. The molecule has 2 aromatic rings. The van der Waals surface area contributed by atoms with Crippen molar-refractivity contribution < 1.29 is 15.0 Å². The Morgan fingerprint density at radius 2 is 2.12 bits per heavy atom. The van der Waals surface area contributed by atoms with Gasteiger partial charge < -0.3 is 10.2 Å². The lowest BCUT2D eigenvalue weighted by Crippen LogP contribution is -2.01. The number of hydrogen-bond donors (Lipinski definition) is 2. The van der Waals surface area contributed by atoms with E-state index in [1.54, 1.807) is 6.07 Å². The van der Waals surface area contributed by atoms with Crippen LogP contribution in [0.3, 0.4) is 0 Å². The fraction of sp³-hybridized carbons (Fsp3) is 0.0909. The molecule has 1 aromatic carbocycles. The van der Waals surface area contributed by atoms with E-state index in [-0.39, 0.29) is 17.3 Å². The van der Waals surface area contributed by atoms with Gasteiger partial charge in [0.25, 0.3) is 0 Å². The van der Waals surface area contributed by atoms with Gasteiger partial charge in [-0.25, -0.2) is 4.98 Å². The molecule has 0 aliphatic heterocycles. The van der Waals surface area contributed by atoms with Crippen LogP contribution >= 0.6 is 11.6 Å². The molecule has 1 heterocycles. The van der Waals surface area contributed by atoms with Crippen molar-refractivity contribution in [3.63, 3.8) is 0 Å². The van der Waals surface area contributed by atoms with Gasteiger partial charge >= 0.3 is 5.97 Å². The summed E-state index contributed by atoms with van der Waals surface area (Å²) in [5, 5.41) is 19.0. The van der Waals surface area contributed by atoms with Gasteiger partial charge in [0.15, 0.2) is 0 Å². The largest absolute Gasteiger partial charge is 0.508 e. The number of nitrogens with zero attached hydrogens (tertiary/aromatic N) is 1. The molecular weight excluding hydrogens is 230 g/mol. The summed E-state index contributed by atoms with van der Waals surface area (Å²) < 4.78 is 0. The number of carbonyl (C=O) groups is 1. The van der Waals surface area contributed by atoms with Crippen LogP contribution in [-0.2, 0) is 11.2 Å². The summed E-state index contributed by atoms with van der Waals surface area (Å²) in [4.78, 5) is 14.7. The molecule has 0 spiro atoms. The Balaban J connectivity index is 2.67. The topological polar surface area (TPSA) is 70.4 Å². The Labute approximate surface area is 96.1 Å². The summed E-state index contributed by atoms with van der Waals surface area (Å²) in [6.07, 6.45) is -0.122. The fourth-order valence-corrected chi connectivity index (χ4v) is 1.78. The molecule has 0 amide bonds. The predicted octanol–water partition coefficient (Wildman–Crippen LogP) is 2.22. The van der Waals surface area contributed by atoms with Crippen LogP contribution in [0.2, 0.25) is 5.15 Å². The summed E-state index contributed by atoms with van der Waals surface area (Å²) in [5.41, 5.74) is 1.08. The van der Waals surface area contributed by atoms with E-state index in [1.807, 2.05) is 0 Å². The van der Waals surface area contributed by atoms with Crippen LogP contribution in [0, 0.1) is 0 Å². The van der Waals surface area contributed by atoms with E-state index in [9.17, 15) is 9.90 Å². The van der Waals surface area contributed by atoms with Crippen molar-refractivity contribution in [2.24, 2.45) is 0 Å². The number of carboxylic acids is 1. The molecule has 0 saturated carbocycles. The molecule has 2 rings (SSSR count). The van der Waals surface area contributed by atoms with Crippen LogP contribution in [0.15, 0.2) is 24.3 Å². The number of aliphatic carboxylic acids is 1. The maximum absolute atomic E-state index is 10.7. The van der Waals surface area contributed by atoms with Crippen molar-refractivity contribution in [3.05, 3.63) is 35.0 Å². The number of benzene rings is 1. The Morgan fingerprint density at radius 1 is 1.38 bits per heavy atom. The van der Waals surface area contributed by atoms with Crippen LogP contribution in [0.1, 0.15) is 5.56 Å². The molecule has 0 radical (unpaired) electrons. The van der Waals surface area contributed by atoms with Crippen molar-refractivity contribution in [3.8, 4) is 5.75 Å². The van der Waals surface area contributed by atoms with Crippen molar-refractivity contribution in [1.82, 2.24) is 4.98 Å². The first kappa shape index (κ1) is 10.7. The predicted molar refractivity (Wildman–Crippen MR) is 59.8 cm³/mol. The molecule has 1 aromatic heterocycles. The number of pyridine rings is 1. The van der Waals surface area contributed by atoms with E-state index in [1.165, 1.54) is 18.2 Å². The number of fused-ring (bicyclic) bond motifs is 1. The molecule has 16 heavy (non-hydrogen) atoms. The second kappa shape index (κ2) is 3.98. The quantitative estimate of drug-likeness (QED) is 0.786. The zero-order valence-corrected chi connectivity index (χ0v) is 8.90. The third kappa shape index (κ3) is 2.06. The molecule has 0 atom stereocenters. The Bertz CT molecular complexity index is 563. The molecule has 2 N–H and O–H groups in total. The molecule has 82 valence electrons. The minimum atomic E-state index is -0.934. The lowest BCUT2D eigenvalue weighted by atomic mass is 10.1. The van der Waals surface area contributed by atoms with Gasteiger partial charge in [-0.3, -0.25) is 4.79 Å². The summed E-state index contributed by atoms with van der Waals surface area (Å²) in [6, 6.07) is 6.09. The number of phenolic OH excluding ortho intramolecular Hbond substituents is 1. The molecule has 0 unspecified atom stereocenters. The summed E-state index contributed by atoms with van der Waals surface area (Å²) >= 11 is 5.77. The molecule has 0 fully saturated rings. The second-order valence-electron chi connectivity index (χ2n) is 3.38. The van der Waals surface area contributed by atoms with Crippen LogP contribution in [-0.4, -0.2) is 21.2 Å². The summed E-state index contributed by atoms with van der Waals surface area (Å²) in [6.45, 7) is 0. The number of rotatable bonds is 2. The van der Waals surface area contributed by atoms with Gasteiger partial charge in [0.2, 0.25) is 0 Å². The minimum Gasteiger partial charge on any atom is -0.508 e. The maximum atomic E-state index is 10.7. The van der Waals surface area contributed by atoms with E-state index in [0.29, 0.717) is 16.5 Å². The molecule has 0 aliphatic carbocycles. The van der Waals surface area contributed by atoms with E-state index in [0.717, 1.165) is 0 Å². The third-order valence-corrected chi connectivity index (χ3v) is 2.38. The van der Waals surface area contributed by atoms with Crippen LogP contribution < -0.4 is 0 Å². The van der Waals surface area contributed by atoms with Gasteiger partial charge in [-0.05, 0) is 23.8 Å². The van der Waals surface area contributed by atoms with Gasteiger partial charge in [-0.2, -0.15) is 0 Å². The SMILES string of the molecule is O=C(O)Cc1cc(Cl)nc2cc(O)ccc12. The van der Waals surface area contributed by atoms with Crippen LogP contribution in [0.5, 0.6) is 5.75 Å². The van der Waals surface area contributed by atoms with Gasteiger partial charge in [0.1, 0.15) is 10.9 Å². The zero-order valence-electron chi connectivity index (χ0n) is 8.14. The Kier molecular flexibility index (Phi) is 2.66. The summed E-state index contributed by atoms with van der Waals surface area (Å²) in [7, 11) is 0. The van der Waals surface area contributed by atoms with Crippen molar-refractivity contribution in [1.29, 1.82) is 0 Å². The van der Waals surface area contributed by atoms with Crippen molar-refractivity contribution >= 4 is 28.5 Å². The molecular formula is C11H8ClNO3. The Hall–Kier alpha value is -1.81.